The highest BCUT2D eigenvalue weighted by atomic mass is 16.2. The van der Waals surface area contributed by atoms with E-state index in [0.29, 0.717) is 11.5 Å². The predicted octanol–water partition coefficient (Wildman–Crippen LogP) is 2.86. The minimum atomic E-state index is -0.714. The molecule has 2 amide bonds. The van der Waals surface area contributed by atoms with Gasteiger partial charge in [0, 0.05) is 12.5 Å². The topological polar surface area (TPSA) is 106 Å². The van der Waals surface area contributed by atoms with E-state index in [-0.39, 0.29) is 12.1 Å². The van der Waals surface area contributed by atoms with E-state index >= 15 is 0 Å². The summed E-state index contributed by atoms with van der Waals surface area (Å²) in [5.41, 5.74) is 10.3. The molecule has 0 spiro atoms. The highest BCUT2D eigenvalue weighted by Crippen LogP contribution is 2.25. The molecule has 2 heterocycles. The van der Waals surface area contributed by atoms with Gasteiger partial charge in [0.2, 0.25) is 5.91 Å². The van der Waals surface area contributed by atoms with Gasteiger partial charge >= 0.3 is 0 Å². The Kier molecular flexibility index (Phi) is 5.29. The number of amides is 2. The number of para-hydroxylation sites is 1. The van der Waals surface area contributed by atoms with Crippen LogP contribution in [0.25, 0.3) is 5.69 Å². The van der Waals surface area contributed by atoms with Gasteiger partial charge < -0.3 is 11.1 Å². The van der Waals surface area contributed by atoms with E-state index in [1.54, 1.807) is 10.7 Å². The number of hydrazone groups is 1. The van der Waals surface area contributed by atoms with Gasteiger partial charge in [0.15, 0.2) is 0 Å². The average molecular weight is 416 g/mol. The Morgan fingerprint density at radius 3 is 2.32 bits per heavy atom. The zero-order valence-electron chi connectivity index (χ0n) is 17.7. The number of nitrogens with zero attached hydrogens (tertiary/aromatic N) is 4. The summed E-state index contributed by atoms with van der Waals surface area (Å²) in [4.78, 5) is 25.0. The molecule has 0 radical (unpaired) electrons. The smallest absolute Gasteiger partial charge is 0.273 e. The molecule has 0 fully saturated rings. The minimum Gasteiger partial charge on any atom is -0.368 e. The summed E-state index contributed by atoms with van der Waals surface area (Å²) in [6, 6.07) is 16.3. The molecule has 8 nitrogen and oxygen atoms in total. The molecule has 3 N–H and O–H groups in total. The molecule has 3 aromatic rings. The van der Waals surface area contributed by atoms with Crippen LogP contribution in [0.1, 0.15) is 23.2 Å². The maximum Gasteiger partial charge on any atom is 0.273 e. The Morgan fingerprint density at radius 2 is 1.68 bits per heavy atom. The molecule has 158 valence electrons. The minimum absolute atomic E-state index is 0.132. The van der Waals surface area contributed by atoms with Crippen LogP contribution in [0.5, 0.6) is 0 Å². The fourth-order valence-electron chi connectivity index (χ4n) is 3.73. The summed E-state index contributed by atoms with van der Waals surface area (Å²) in [5, 5.41) is 13.3. The first-order valence-electron chi connectivity index (χ1n) is 9.99. The summed E-state index contributed by atoms with van der Waals surface area (Å²) in [7, 11) is 0. The second kappa shape index (κ2) is 8.06. The largest absolute Gasteiger partial charge is 0.368 e. The van der Waals surface area contributed by atoms with Crippen molar-refractivity contribution in [1.82, 2.24) is 9.78 Å². The van der Waals surface area contributed by atoms with Gasteiger partial charge in [0.25, 0.3) is 5.91 Å². The van der Waals surface area contributed by atoms with E-state index in [2.05, 4.69) is 21.6 Å². The van der Waals surface area contributed by atoms with Gasteiger partial charge in [-0.05, 0) is 56.2 Å². The standard InChI is InChI=1S/C23H24N6O2/c1-14-9-15(2)11-18(10-14)29-21(12-16(3)26-29)25-23(31)19-13-20(22(24)30)28(27-19)17-7-5-4-6-8-17/h4-12,20H,13H2,1-3H3,(H2,24,30)(H,25,31). The number of benzene rings is 2. The van der Waals surface area contributed by atoms with Gasteiger partial charge in [0.1, 0.15) is 17.6 Å². The van der Waals surface area contributed by atoms with Crippen LogP contribution in [0.4, 0.5) is 11.5 Å². The lowest BCUT2D eigenvalue weighted by molar-refractivity contribution is -0.119. The zero-order chi connectivity index (χ0) is 22.1. The maximum absolute atomic E-state index is 13.0. The number of aryl methyl sites for hydroxylation is 3. The first-order chi connectivity index (χ1) is 14.8. The quantitative estimate of drug-likeness (QED) is 0.667. The first kappa shape index (κ1) is 20.3. The number of aromatic nitrogens is 2. The first-order valence-corrected chi connectivity index (χ1v) is 9.99. The van der Waals surface area contributed by atoms with Gasteiger partial charge in [-0.1, -0.05) is 24.3 Å². The van der Waals surface area contributed by atoms with Crippen molar-refractivity contribution in [3.8, 4) is 5.69 Å². The van der Waals surface area contributed by atoms with E-state index in [1.807, 2.05) is 63.2 Å². The fourth-order valence-corrected chi connectivity index (χ4v) is 3.73. The normalized spacial score (nSPS) is 15.6. The number of nitrogens with one attached hydrogen (secondary N) is 1. The van der Waals surface area contributed by atoms with Gasteiger partial charge in [-0.15, -0.1) is 0 Å². The van der Waals surface area contributed by atoms with Gasteiger partial charge in [0.05, 0.1) is 17.1 Å². The van der Waals surface area contributed by atoms with Crippen molar-refractivity contribution in [2.24, 2.45) is 10.8 Å². The van der Waals surface area contributed by atoms with Crippen LogP contribution in [-0.4, -0.2) is 33.3 Å². The van der Waals surface area contributed by atoms with Crippen LogP contribution in [0, 0.1) is 20.8 Å². The van der Waals surface area contributed by atoms with Crippen molar-refractivity contribution in [2.75, 3.05) is 10.3 Å². The molecule has 1 atom stereocenters. The fraction of sp³-hybridized carbons (Fsp3) is 0.217. The van der Waals surface area contributed by atoms with Crippen molar-refractivity contribution >= 4 is 29.0 Å². The molecule has 0 saturated heterocycles. The van der Waals surface area contributed by atoms with Crippen LogP contribution in [0.2, 0.25) is 0 Å². The van der Waals surface area contributed by atoms with Crippen molar-refractivity contribution < 1.29 is 9.59 Å². The molecule has 8 heteroatoms. The molecule has 1 aromatic heterocycles. The summed E-state index contributed by atoms with van der Waals surface area (Å²) in [6.07, 6.45) is 0.132. The van der Waals surface area contributed by atoms with Crippen molar-refractivity contribution in [2.45, 2.75) is 33.2 Å². The molecule has 0 saturated carbocycles. The average Bonchev–Trinajstić information content (AvgIpc) is 3.32. The highest BCUT2D eigenvalue weighted by molar-refractivity contribution is 6.44. The summed E-state index contributed by atoms with van der Waals surface area (Å²) in [6.45, 7) is 5.89. The van der Waals surface area contributed by atoms with E-state index in [4.69, 9.17) is 5.73 Å². The number of carbonyl (C=O) groups is 2. The van der Waals surface area contributed by atoms with Gasteiger partial charge in [-0.25, -0.2) is 4.68 Å². The van der Waals surface area contributed by atoms with E-state index in [1.165, 1.54) is 5.01 Å². The monoisotopic (exact) mass is 416 g/mol. The number of primary amides is 1. The molecule has 31 heavy (non-hydrogen) atoms. The Labute approximate surface area is 180 Å². The van der Waals surface area contributed by atoms with Crippen LogP contribution < -0.4 is 16.1 Å². The lowest BCUT2D eigenvalue weighted by atomic mass is 10.1. The van der Waals surface area contributed by atoms with Crippen LogP contribution in [0.3, 0.4) is 0 Å². The molecular formula is C23H24N6O2. The Bertz CT molecular complexity index is 1160. The SMILES string of the molecule is Cc1cc(C)cc(-n2nc(C)cc2NC(=O)C2=NN(c3ccccc3)C(C(N)=O)C2)c1. The zero-order valence-corrected chi connectivity index (χ0v) is 17.7. The second-order valence-electron chi connectivity index (χ2n) is 7.73. The maximum atomic E-state index is 13.0. The van der Waals surface area contributed by atoms with Crippen LogP contribution >= 0.6 is 0 Å². The Hall–Kier alpha value is -3.94. The third-order valence-corrected chi connectivity index (χ3v) is 5.05. The third-order valence-electron chi connectivity index (χ3n) is 5.05. The molecular weight excluding hydrogens is 392 g/mol. The van der Waals surface area contributed by atoms with Crippen molar-refractivity contribution in [3.63, 3.8) is 0 Å². The molecule has 2 aromatic carbocycles. The van der Waals surface area contributed by atoms with Gasteiger partial charge in [-0.2, -0.15) is 10.2 Å². The summed E-state index contributed by atoms with van der Waals surface area (Å²) < 4.78 is 1.70. The lowest BCUT2D eigenvalue weighted by Gasteiger charge is -2.20. The third kappa shape index (κ3) is 4.18. The highest BCUT2D eigenvalue weighted by Gasteiger charge is 2.35. The Morgan fingerprint density at radius 1 is 1.00 bits per heavy atom. The number of anilines is 2. The number of rotatable bonds is 5. The van der Waals surface area contributed by atoms with Gasteiger partial charge in [-0.3, -0.25) is 14.6 Å². The summed E-state index contributed by atoms with van der Waals surface area (Å²) in [5.74, 6) is -0.397. The Balaban J connectivity index is 1.62. The molecule has 0 bridgehead atoms. The number of hydrogen-bond donors (Lipinski definition) is 2. The van der Waals surface area contributed by atoms with E-state index in [0.717, 1.165) is 22.5 Å². The lowest BCUT2D eigenvalue weighted by Crippen LogP contribution is -2.39. The molecule has 4 rings (SSSR count). The number of nitrogens with two attached hydrogens (primary N) is 1. The number of carbonyl (C=O) groups excluding carboxylic acids is 2. The second-order valence-corrected chi connectivity index (χ2v) is 7.73. The van der Waals surface area contributed by atoms with E-state index in [9.17, 15) is 9.59 Å². The van der Waals surface area contributed by atoms with E-state index < -0.39 is 17.9 Å². The number of hydrogen-bond acceptors (Lipinski definition) is 5. The van der Waals surface area contributed by atoms with Crippen LogP contribution in [-0.2, 0) is 9.59 Å². The van der Waals surface area contributed by atoms with Crippen molar-refractivity contribution in [3.05, 3.63) is 71.4 Å². The summed E-state index contributed by atoms with van der Waals surface area (Å²) >= 11 is 0. The van der Waals surface area contributed by atoms with Crippen molar-refractivity contribution in [1.29, 1.82) is 0 Å². The van der Waals surface area contributed by atoms with Crippen LogP contribution in [0.15, 0.2) is 59.7 Å². The molecule has 1 aliphatic rings. The molecule has 1 unspecified atom stereocenters. The molecule has 0 aliphatic carbocycles. The predicted molar refractivity (Wildman–Crippen MR) is 120 cm³/mol. The molecule has 1 aliphatic heterocycles.